The fraction of sp³-hybridized carbons (Fsp3) is 0.182. The molecule has 2 aromatic rings. The summed E-state index contributed by atoms with van der Waals surface area (Å²) >= 11 is 1.08. The van der Waals surface area contributed by atoms with Crippen LogP contribution in [-0.2, 0) is 9.59 Å². The Bertz CT molecular complexity index is 1060. The highest BCUT2D eigenvalue weighted by atomic mass is 32.2. The van der Waals surface area contributed by atoms with E-state index >= 15 is 0 Å². The van der Waals surface area contributed by atoms with Crippen LogP contribution in [0.1, 0.15) is 22.3 Å². The SMILES string of the molecule is COc1ccc(/C=C/C(=O)c2ccc(NC(=O)C[C@@H]3SC(N)=NC3=O)cc2)cc1OC. The van der Waals surface area contributed by atoms with E-state index in [0.29, 0.717) is 22.7 Å². The van der Waals surface area contributed by atoms with E-state index in [1.165, 1.54) is 6.08 Å². The third-order valence-electron chi connectivity index (χ3n) is 4.42. The number of aliphatic imine (C=N–C) groups is 1. The zero-order valence-corrected chi connectivity index (χ0v) is 17.8. The zero-order valence-electron chi connectivity index (χ0n) is 17.0. The largest absolute Gasteiger partial charge is 0.493 e. The molecule has 3 N–H and O–H groups in total. The number of allylic oxidation sites excluding steroid dienone is 1. The lowest BCUT2D eigenvalue weighted by Gasteiger charge is -2.08. The molecule has 1 aliphatic rings. The summed E-state index contributed by atoms with van der Waals surface area (Å²) in [6, 6.07) is 11.8. The van der Waals surface area contributed by atoms with Crippen molar-refractivity contribution in [2.75, 3.05) is 19.5 Å². The zero-order chi connectivity index (χ0) is 22.4. The Balaban J connectivity index is 1.58. The Kier molecular flexibility index (Phi) is 7.09. The average Bonchev–Trinajstić information content (AvgIpc) is 3.08. The smallest absolute Gasteiger partial charge is 0.262 e. The molecule has 0 aromatic heterocycles. The second-order valence-electron chi connectivity index (χ2n) is 6.54. The summed E-state index contributed by atoms with van der Waals surface area (Å²) in [4.78, 5) is 39.8. The van der Waals surface area contributed by atoms with Crippen molar-refractivity contribution in [3.05, 3.63) is 59.7 Å². The van der Waals surface area contributed by atoms with Gasteiger partial charge in [0.15, 0.2) is 22.4 Å². The number of nitrogens with zero attached hydrogens (tertiary/aromatic N) is 1. The van der Waals surface area contributed by atoms with Crippen molar-refractivity contribution in [1.29, 1.82) is 0 Å². The first kappa shape index (κ1) is 22.1. The highest BCUT2D eigenvalue weighted by Crippen LogP contribution is 2.28. The van der Waals surface area contributed by atoms with Crippen LogP contribution in [0, 0.1) is 0 Å². The molecule has 3 rings (SSSR count). The van der Waals surface area contributed by atoms with E-state index in [2.05, 4.69) is 10.3 Å². The summed E-state index contributed by atoms with van der Waals surface area (Å²) < 4.78 is 10.5. The first-order valence-corrected chi connectivity index (χ1v) is 10.2. The topological polar surface area (TPSA) is 120 Å². The van der Waals surface area contributed by atoms with E-state index in [1.807, 2.05) is 6.07 Å². The monoisotopic (exact) mass is 439 g/mol. The van der Waals surface area contributed by atoms with Crippen molar-refractivity contribution in [3.63, 3.8) is 0 Å². The average molecular weight is 439 g/mol. The van der Waals surface area contributed by atoms with Gasteiger partial charge >= 0.3 is 0 Å². The molecule has 9 heteroatoms. The van der Waals surface area contributed by atoms with Crippen LogP contribution < -0.4 is 20.5 Å². The van der Waals surface area contributed by atoms with Gasteiger partial charge in [-0.3, -0.25) is 14.4 Å². The number of nitrogens with one attached hydrogen (secondary N) is 1. The molecular weight excluding hydrogens is 418 g/mol. The summed E-state index contributed by atoms with van der Waals surface area (Å²) in [6.07, 6.45) is 3.12. The Morgan fingerprint density at radius 2 is 1.84 bits per heavy atom. The second kappa shape index (κ2) is 9.94. The lowest BCUT2D eigenvalue weighted by molar-refractivity contribution is -0.121. The van der Waals surface area contributed by atoms with Crippen molar-refractivity contribution in [1.82, 2.24) is 0 Å². The number of nitrogens with two attached hydrogens (primary N) is 1. The number of rotatable bonds is 8. The van der Waals surface area contributed by atoms with Crippen molar-refractivity contribution in [3.8, 4) is 11.5 Å². The van der Waals surface area contributed by atoms with Gasteiger partial charge in [-0.15, -0.1) is 0 Å². The van der Waals surface area contributed by atoms with Gasteiger partial charge in [-0.25, -0.2) is 0 Å². The van der Waals surface area contributed by atoms with Gasteiger partial charge in [0.2, 0.25) is 5.91 Å². The van der Waals surface area contributed by atoms with Crippen LogP contribution in [0.15, 0.2) is 53.5 Å². The number of carbonyl (C=O) groups excluding carboxylic acids is 3. The minimum absolute atomic E-state index is 0.0254. The maximum atomic E-state index is 12.4. The summed E-state index contributed by atoms with van der Waals surface area (Å²) in [5.41, 5.74) is 7.27. The number of amides is 2. The summed E-state index contributed by atoms with van der Waals surface area (Å²) in [5, 5.41) is 2.28. The first-order chi connectivity index (χ1) is 14.9. The van der Waals surface area contributed by atoms with Gasteiger partial charge in [-0.1, -0.05) is 23.9 Å². The van der Waals surface area contributed by atoms with Crippen molar-refractivity contribution < 1.29 is 23.9 Å². The molecule has 31 heavy (non-hydrogen) atoms. The van der Waals surface area contributed by atoms with Gasteiger partial charge in [0.05, 0.1) is 14.2 Å². The number of ketones is 1. The highest BCUT2D eigenvalue weighted by Gasteiger charge is 2.29. The molecule has 0 fully saturated rings. The van der Waals surface area contributed by atoms with Gasteiger partial charge in [0.1, 0.15) is 5.25 Å². The van der Waals surface area contributed by atoms with Crippen molar-refractivity contribution in [2.45, 2.75) is 11.7 Å². The second-order valence-corrected chi connectivity index (χ2v) is 7.76. The molecule has 160 valence electrons. The summed E-state index contributed by atoms with van der Waals surface area (Å²) in [6.45, 7) is 0. The van der Waals surface area contributed by atoms with E-state index in [4.69, 9.17) is 15.2 Å². The number of ether oxygens (including phenoxy) is 2. The molecule has 8 nitrogen and oxygen atoms in total. The molecule has 0 spiro atoms. The maximum absolute atomic E-state index is 12.4. The van der Waals surface area contributed by atoms with Crippen LogP contribution in [0.4, 0.5) is 5.69 Å². The minimum Gasteiger partial charge on any atom is -0.493 e. The third-order valence-corrected chi connectivity index (χ3v) is 5.40. The lowest BCUT2D eigenvalue weighted by atomic mass is 10.1. The number of benzene rings is 2. The number of hydrogen-bond donors (Lipinski definition) is 2. The third kappa shape index (κ3) is 5.73. The quantitative estimate of drug-likeness (QED) is 0.479. The number of thioether (sulfide) groups is 1. The number of carbonyl (C=O) groups is 3. The molecule has 0 unspecified atom stereocenters. The first-order valence-electron chi connectivity index (χ1n) is 9.28. The fourth-order valence-corrected chi connectivity index (χ4v) is 3.68. The van der Waals surface area contributed by atoms with E-state index in [9.17, 15) is 14.4 Å². The normalized spacial score (nSPS) is 15.6. The van der Waals surface area contributed by atoms with Gasteiger partial charge in [0.25, 0.3) is 5.91 Å². The number of methoxy groups -OCH3 is 2. The molecule has 0 radical (unpaired) electrons. The molecule has 2 aromatic carbocycles. The van der Waals surface area contributed by atoms with Crippen LogP contribution in [0.2, 0.25) is 0 Å². The molecule has 1 atom stereocenters. The Morgan fingerprint density at radius 3 is 2.45 bits per heavy atom. The Morgan fingerprint density at radius 1 is 1.13 bits per heavy atom. The standard InChI is InChI=1S/C22H21N3O5S/c1-29-17-10-4-13(11-18(17)30-2)3-9-16(26)14-5-7-15(8-6-14)24-20(27)12-19-21(28)25-22(23)31-19/h3-11,19H,12H2,1-2H3,(H,24,27)(H2,23,25,28)/b9-3+/t19-/m0/s1. The molecule has 0 aliphatic carbocycles. The van der Waals surface area contributed by atoms with Crippen LogP contribution in [0.25, 0.3) is 6.08 Å². The van der Waals surface area contributed by atoms with Crippen LogP contribution in [0.3, 0.4) is 0 Å². The van der Waals surface area contributed by atoms with Gasteiger partial charge in [0, 0.05) is 17.7 Å². The van der Waals surface area contributed by atoms with Crippen LogP contribution in [0.5, 0.6) is 11.5 Å². The lowest BCUT2D eigenvalue weighted by Crippen LogP contribution is -2.21. The van der Waals surface area contributed by atoms with Crippen molar-refractivity contribution in [2.24, 2.45) is 10.7 Å². The van der Waals surface area contributed by atoms with E-state index in [-0.39, 0.29) is 23.3 Å². The Labute approximate surface area is 183 Å². The summed E-state index contributed by atoms with van der Waals surface area (Å²) in [5.74, 6) is 0.260. The number of amidine groups is 1. The highest BCUT2D eigenvalue weighted by molar-refractivity contribution is 8.15. The van der Waals surface area contributed by atoms with Crippen molar-refractivity contribution >= 4 is 46.3 Å². The van der Waals surface area contributed by atoms with Crippen LogP contribution in [-0.4, -0.2) is 42.2 Å². The molecule has 2 amide bonds. The molecule has 1 heterocycles. The molecule has 0 saturated carbocycles. The van der Waals surface area contributed by atoms with E-state index in [0.717, 1.165) is 17.3 Å². The Hall–Kier alpha value is -3.59. The van der Waals surface area contributed by atoms with Crippen LogP contribution >= 0.6 is 11.8 Å². The predicted octanol–water partition coefficient (Wildman–Crippen LogP) is 2.89. The molecule has 0 bridgehead atoms. The fourth-order valence-electron chi connectivity index (χ4n) is 2.85. The predicted molar refractivity (Wildman–Crippen MR) is 121 cm³/mol. The van der Waals surface area contributed by atoms with E-state index < -0.39 is 11.2 Å². The molecule has 0 saturated heterocycles. The van der Waals surface area contributed by atoms with E-state index in [1.54, 1.807) is 56.7 Å². The molecular formula is C22H21N3O5S. The molecule has 1 aliphatic heterocycles. The van der Waals surface area contributed by atoms with Gasteiger partial charge in [-0.2, -0.15) is 4.99 Å². The number of anilines is 1. The summed E-state index contributed by atoms with van der Waals surface area (Å²) in [7, 11) is 3.10. The van der Waals surface area contributed by atoms with Gasteiger partial charge < -0.3 is 20.5 Å². The number of hydrogen-bond acceptors (Lipinski definition) is 7. The minimum atomic E-state index is -0.595. The maximum Gasteiger partial charge on any atom is 0.262 e. The van der Waals surface area contributed by atoms with Gasteiger partial charge in [-0.05, 0) is 48.0 Å².